The van der Waals surface area contributed by atoms with Crippen molar-refractivity contribution in [3.8, 4) is 11.4 Å². The number of rotatable bonds is 7. The van der Waals surface area contributed by atoms with Crippen molar-refractivity contribution >= 4 is 0 Å². The molecule has 0 bridgehead atoms. The van der Waals surface area contributed by atoms with Crippen LogP contribution in [-0.4, -0.2) is 66.4 Å². The van der Waals surface area contributed by atoms with Crippen LogP contribution in [0.4, 0.5) is 0 Å². The van der Waals surface area contributed by atoms with E-state index in [1.165, 1.54) is 5.56 Å². The van der Waals surface area contributed by atoms with E-state index in [0.717, 1.165) is 51.3 Å². The molecule has 25 heavy (non-hydrogen) atoms. The molecule has 0 N–H and O–H groups in total. The van der Waals surface area contributed by atoms with Crippen molar-refractivity contribution in [1.82, 2.24) is 19.9 Å². The van der Waals surface area contributed by atoms with Crippen LogP contribution >= 0.6 is 0 Å². The molecule has 2 heterocycles. The molecule has 3 rings (SSSR count). The molecule has 0 amide bonds. The molecular weight excluding hydrogens is 316 g/mol. The van der Waals surface area contributed by atoms with Crippen molar-refractivity contribution in [3.63, 3.8) is 0 Å². The van der Waals surface area contributed by atoms with Gasteiger partial charge >= 0.3 is 0 Å². The quantitative estimate of drug-likeness (QED) is 0.720. The highest BCUT2D eigenvalue weighted by Crippen LogP contribution is 2.23. The molecule has 1 saturated heterocycles. The number of aromatic nitrogens is 2. The summed E-state index contributed by atoms with van der Waals surface area (Å²) in [7, 11) is 1.76. The third-order valence-electron chi connectivity index (χ3n) is 4.89. The Bertz CT molecular complexity index is 648. The molecule has 1 atom stereocenters. The first-order valence-electron chi connectivity index (χ1n) is 9.03. The molecule has 0 aliphatic carbocycles. The lowest BCUT2D eigenvalue weighted by Gasteiger charge is -2.36. The lowest BCUT2D eigenvalue weighted by atomic mass is 10.1. The lowest BCUT2D eigenvalue weighted by Crippen LogP contribution is -2.47. The molecular formula is C19H28N4O2. The molecule has 2 aromatic rings. The second kappa shape index (κ2) is 8.56. The fourth-order valence-electron chi connectivity index (χ4n) is 3.19. The van der Waals surface area contributed by atoms with Gasteiger partial charge in [0, 0.05) is 52.0 Å². The van der Waals surface area contributed by atoms with Gasteiger partial charge in [-0.15, -0.1) is 0 Å². The van der Waals surface area contributed by atoms with Gasteiger partial charge in [0.2, 0.25) is 11.7 Å². The molecule has 6 nitrogen and oxygen atoms in total. The van der Waals surface area contributed by atoms with Gasteiger partial charge in [-0.1, -0.05) is 35.0 Å². The number of hydrogen-bond donors (Lipinski definition) is 0. The van der Waals surface area contributed by atoms with Crippen molar-refractivity contribution in [3.05, 3.63) is 35.7 Å². The van der Waals surface area contributed by atoms with E-state index in [1.807, 2.05) is 12.1 Å². The maximum absolute atomic E-state index is 5.54. The molecule has 0 unspecified atom stereocenters. The van der Waals surface area contributed by atoms with E-state index in [1.54, 1.807) is 7.11 Å². The summed E-state index contributed by atoms with van der Waals surface area (Å²) in [5.41, 5.74) is 2.22. The summed E-state index contributed by atoms with van der Waals surface area (Å²) in [6.07, 6.45) is 1.09. The lowest BCUT2D eigenvalue weighted by molar-refractivity contribution is 0.0816. The number of methoxy groups -OCH3 is 1. The first-order chi connectivity index (χ1) is 12.2. The minimum atomic E-state index is 0.146. The van der Waals surface area contributed by atoms with Gasteiger partial charge in [0.25, 0.3) is 0 Å². The van der Waals surface area contributed by atoms with Gasteiger partial charge in [-0.25, -0.2) is 0 Å². The van der Waals surface area contributed by atoms with Gasteiger partial charge in [0.05, 0.1) is 6.04 Å². The zero-order valence-corrected chi connectivity index (χ0v) is 15.4. The van der Waals surface area contributed by atoms with E-state index in [9.17, 15) is 0 Å². The summed E-state index contributed by atoms with van der Waals surface area (Å²) < 4.78 is 10.7. The van der Waals surface area contributed by atoms with E-state index in [2.05, 4.69) is 45.9 Å². The number of benzene rings is 1. The fraction of sp³-hybridized carbons (Fsp3) is 0.579. The van der Waals surface area contributed by atoms with Crippen LogP contribution in [-0.2, 0) is 4.74 Å². The Kier molecular flexibility index (Phi) is 6.18. The monoisotopic (exact) mass is 344 g/mol. The minimum absolute atomic E-state index is 0.146. The van der Waals surface area contributed by atoms with Gasteiger partial charge in [-0.2, -0.15) is 4.98 Å². The number of hydrogen-bond acceptors (Lipinski definition) is 6. The van der Waals surface area contributed by atoms with E-state index >= 15 is 0 Å². The molecule has 0 saturated carbocycles. The van der Waals surface area contributed by atoms with Crippen molar-refractivity contribution in [2.45, 2.75) is 26.3 Å². The number of nitrogens with zero attached hydrogens (tertiary/aromatic N) is 4. The van der Waals surface area contributed by atoms with Crippen LogP contribution < -0.4 is 0 Å². The molecule has 1 fully saturated rings. The standard InChI is InChI=1S/C19H28N4O2/c1-15-5-7-17(8-6-15)18-20-19(25-21-18)16(2)23-12-10-22(11-13-23)9-4-14-24-3/h5-8,16H,4,9-14H2,1-3H3/t16-/m1/s1. The number of aryl methyl sites for hydroxylation is 1. The predicted molar refractivity (Wildman–Crippen MR) is 97.4 cm³/mol. The van der Waals surface area contributed by atoms with E-state index in [-0.39, 0.29) is 6.04 Å². The van der Waals surface area contributed by atoms with Gasteiger partial charge in [-0.05, 0) is 20.3 Å². The number of piperazine rings is 1. The van der Waals surface area contributed by atoms with E-state index < -0.39 is 0 Å². The summed E-state index contributed by atoms with van der Waals surface area (Å²) in [5.74, 6) is 1.36. The second-order valence-corrected chi connectivity index (χ2v) is 6.72. The van der Waals surface area contributed by atoms with Gasteiger partial charge < -0.3 is 14.2 Å². The van der Waals surface area contributed by atoms with E-state index in [4.69, 9.17) is 9.26 Å². The van der Waals surface area contributed by atoms with Crippen LogP contribution in [0.5, 0.6) is 0 Å². The highest BCUT2D eigenvalue weighted by atomic mass is 16.5. The largest absolute Gasteiger partial charge is 0.385 e. The SMILES string of the molecule is COCCCN1CCN([C@H](C)c2nc(-c3ccc(C)cc3)no2)CC1. The fourth-order valence-corrected chi connectivity index (χ4v) is 3.19. The Hall–Kier alpha value is -1.76. The topological polar surface area (TPSA) is 54.6 Å². The van der Waals surface area contributed by atoms with Crippen molar-refractivity contribution in [2.24, 2.45) is 0 Å². The van der Waals surface area contributed by atoms with Crippen molar-refractivity contribution < 1.29 is 9.26 Å². The summed E-state index contributed by atoms with van der Waals surface area (Å²) in [5, 5.41) is 4.16. The molecule has 1 aromatic carbocycles. The predicted octanol–water partition coefficient (Wildman–Crippen LogP) is 2.76. The van der Waals surface area contributed by atoms with Crippen LogP contribution in [0.15, 0.2) is 28.8 Å². The van der Waals surface area contributed by atoms with Gasteiger partial charge in [0.1, 0.15) is 0 Å². The Morgan fingerprint density at radius 3 is 2.56 bits per heavy atom. The normalized spacial score (nSPS) is 17.7. The second-order valence-electron chi connectivity index (χ2n) is 6.72. The minimum Gasteiger partial charge on any atom is -0.385 e. The summed E-state index contributed by atoms with van der Waals surface area (Å²) in [6.45, 7) is 10.4. The molecule has 0 radical (unpaired) electrons. The summed E-state index contributed by atoms with van der Waals surface area (Å²) >= 11 is 0. The van der Waals surface area contributed by atoms with Crippen LogP contribution in [0.3, 0.4) is 0 Å². The number of ether oxygens (including phenoxy) is 1. The Labute approximate surface area is 149 Å². The third kappa shape index (κ3) is 4.66. The van der Waals surface area contributed by atoms with Crippen LogP contribution in [0.25, 0.3) is 11.4 Å². The Balaban J connectivity index is 1.55. The van der Waals surface area contributed by atoms with Crippen LogP contribution in [0.1, 0.15) is 30.8 Å². The molecule has 0 spiro atoms. The zero-order chi connectivity index (χ0) is 17.6. The Morgan fingerprint density at radius 1 is 1.16 bits per heavy atom. The zero-order valence-electron chi connectivity index (χ0n) is 15.4. The molecule has 1 aromatic heterocycles. The highest BCUT2D eigenvalue weighted by molar-refractivity contribution is 5.54. The first-order valence-corrected chi connectivity index (χ1v) is 9.03. The maximum atomic E-state index is 5.54. The van der Waals surface area contributed by atoms with Crippen molar-refractivity contribution in [1.29, 1.82) is 0 Å². The smallest absolute Gasteiger partial charge is 0.244 e. The molecule has 1 aliphatic rings. The average molecular weight is 344 g/mol. The van der Waals surface area contributed by atoms with Gasteiger partial charge in [-0.3, -0.25) is 4.90 Å². The van der Waals surface area contributed by atoms with Crippen LogP contribution in [0, 0.1) is 6.92 Å². The highest BCUT2D eigenvalue weighted by Gasteiger charge is 2.25. The molecule has 6 heteroatoms. The summed E-state index contributed by atoms with van der Waals surface area (Å²) in [6, 6.07) is 8.35. The summed E-state index contributed by atoms with van der Waals surface area (Å²) in [4.78, 5) is 9.53. The first kappa shape index (κ1) is 18.0. The van der Waals surface area contributed by atoms with E-state index in [0.29, 0.717) is 11.7 Å². The van der Waals surface area contributed by atoms with Gasteiger partial charge in [0.15, 0.2) is 0 Å². The third-order valence-corrected chi connectivity index (χ3v) is 4.89. The maximum Gasteiger partial charge on any atom is 0.244 e. The average Bonchev–Trinajstić information content (AvgIpc) is 3.13. The van der Waals surface area contributed by atoms with Crippen molar-refractivity contribution in [2.75, 3.05) is 46.4 Å². The Morgan fingerprint density at radius 2 is 1.88 bits per heavy atom. The molecule has 1 aliphatic heterocycles. The van der Waals surface area contributed by atoms with Crippen LogP contribution in [0.2, 0.25) is 0 Å². The molecule has 136 valence electrons.